The van der Waals surface area contributed by atoms with Crippen molar-refractivity contribution in [1.82, 2.24) is 0 Å². The third-order valence-corrected chi connectivity index (χ3v) is 0.780. The molecule has 0 aromatic rings. The fourth-order valence-electron chi connectivity index (χ4n) is 0.387. The van der Waals surface area contributed by atoms with Crippen molar-refractivity contribution < 1.29 is 20.1 Å². The van der Waals surface area contributed by atoms with Gasteiger partial charge >= 0.3 is 0 Å². The Labute approximate surface area is 66.5 Å². The Morgan fingerprint density at radius 1 is 1.55 bits per heavy atom. The third kappa shape index (κ3) is 44.6. The molecule has 0 aliphatic heterocycles. The standard InChI is InChI=1S/C5H12O2.C2H4O2/c1-5(7)3-2-4-6;1-2(3)4/h5-7H,2-4H2,1H3;1H3,(H,3,4). The Bertz CT molecular complexity index is 86.4. The van der Waals surface area contributed by atoms with Crippen LogP contribution in [0.3, 0.4) is 0 Å². The van der Waals surface area contributed by atoms with E-state index in [9.17, 15) is 0 Å². The SMILES string of the molecule is CC(=O)O.CC(O)CCCO. The Kier molecular flexibility index (Phi) is 11.1. The number of hydrogen-bond acceptors (Lipinski definition) is 3. The Balaban J connectivity index is 0. The highest BCUT2D eigenvalue weighted by atomic mass is 16.4. The molecule has 1 atom stereocenters. The molecule has 0 saturated carbocycles. The molecule has 0 bridgehead atoms. The summed E-state index contributed by atoms with van der Waals surface area (Å²) in [7, 11) is 0. The van der Waals surface area contributed by atoms with Crippen LogP contribution in [0.5, 0.6) is 0 Å². The molecule has 0 spiro atoms. The van der Waals surface area contributed by atoms with Gasteiger partial charge in [0, 0.05) is 13.5 Å². The fourth-order valence-corrected chi connectivity index (χ4v) is 0.387. The first-order valence-electron chi connectivity index (χ1n) is 3.49. The highest BCUT2D eigenvalue weighted by Crippen LogP contribution is 1.92. The van der Waals surface area contributed by atoms with E-state index < -0.39 is 5.97 Å². The molecule has 0 heterocycles. The molecule has 3 N–H and O–H groups in total. The molecule has 0 aliphatic rings. The van der Waals surface area contributed by atoms with E-state index in [0.717, 1.165) is 6.92 Å². The second kappa shape index (κ2) is 9.39. The number of carboxylic acid groups (broad SMARTS) is 1. The lowest BCUT2D eigenvalue weighted by atomic mass is 10.2. The average molecular weight is 164 g/mol. The van der Waals surface area contributed by atoms with Crippen molar-refractivity contribution in [2.45, 2.75) is 32.8 Å². The summed E-state index contributed by atoms with van der Waals surface area (Å²) in [5.74, 6) is -0.833. The molecular formula is C7H16O4. The van der Waals surface area contributed by atoms with Crippen LogP contribution >= 0.6 is 0 Å². The van der Waals surface area contributed by atoms with Gasteiger partial charge in [-0.1, -0.05) is 0 Å². The minimum Gasteiger partial charge on any atom is -0.481 e. The van der Waals surface area contributed by atoms with Gasteiger partial charge in [0.25, 0.3) is 5.97 Å². The quantitative estimate of drug-likeness (QED) is 0.558. The molecule has 0 saturated heterocycles. The van der Waals surface area contributed by atoms with Crippen molar-refractivity contribution in [1.29, 1.82) is 0 Å². The monoisotopic (exact) mass is 164 g/mol. The van der Waals surface area contributed by atoms with Gasteiger partial charge in [0.05, 0.1) is 6.10 Å². The number of carbonyl (C=O) groups is 1. The number of hydrogen-bond donors (Lipinski definition) is 3. The second-order valence-corrected chi connectivity index (χ2v) is 2.23. The van der Waals surface area contributed by atoms with Crippen LogP contribution in [0.1, 0.15) is 26.7 Å². The van der Waals surface area contributed by atoms with E-state index in [4.69, 9.17) is 20.1 Å². The van der Waals surface area contributed by atoms with Gasteiger partial charge in [-0.25, -0.2) is 0 Å². The topological polar surface area (TPSA) is 77.8 Å². The summed E-state index contributed by atoms with van der Waals surface area (Å²) in [4.78, 5) is 9.00. The average Bonchev–Trinajstić information content (AvgIpc) is 1.82. The molecule has 0 aliphatic carbocycles. The number of aliphatic carboxylic acids is 1. The van der Waals surface area contributed by atoms with Gasteiger partial charge in [0.1, 0.15) is 0 Å². The zero-order valence-electron chi connectivity index (χ0n) is 6.95. The van der Waals surface area contributed by atoms with E-state index in [-0.39, 0.29) is 12.7 Å². The molecule has 0 fully saturated rings. The van der Waals surface area contributed by atoms with Crippen molar-refractivity contribution in [2.24, 2.45) is 0 Å². The molecule has 4 nitrogen and oxygen atoms in total. The molecule has 1 unspecified atom stereocenters. The van der Waals surface area contributed by atoms with Gasteiger partial charge in [0.15, 0.2) is 0 Å². The van der Waals surface area contributed by atoms with Crippen LogP contribution in [-0.4, -0.2) is 34.0 Å². The lowest BCUT2D eigenvalue weighted by Crippen LogP contribution is -1.99. The van der Waals surface area contributed by atoms with Gasteiger partial charge in [-0.05, 0) is 19.8 Å². The minimum atomic E-state index is -0.833. The van der Waals surface area contributed by atoms with Gasteiger partial charge in [-0.2, -0.15) is 0 Å². The zero-order valence-corrected chi connectivity index (χ0v) is 6.95. The van der Waals surface area contributed by atoms with Gasteiger partial charge in [0.2, 0.25) is 0 Å². The van der Waals surface area contributed by atoms with Crippen LogP contribution in [0.2, 0.25) is 0 Å². The van der Waals surface area contributed by atoms with Crippen LogP contribution in [0.4, 0.5) is 0 Å². The first-order chi connectivity index (χ1) is 5.00. The molecule has 11 heavy (non-hydrogen) atoms. The smallest absolute Gasteiger partial charge is 0.300 e. The Hall–Kier alpha value is -0.610. The fraction of sp³-hybridized carbons (Fsp3) is 0.857. The van der Waals surface area contributed by atoms with E-state index in [2.05, 4.69) is 0 Å². The Morgan fingerprint density at radius 3 is 2.00 bits per heavy atom. The maximum atomic E-state index is 9.00. The Morgan fingerprint density at radius 2 is 1.91 bits per heavy atom. The predicted molar refractivity (Wildman–Crippen MR) is 41.3 cm³/mol. The highest BCUT2D eigenvalue weighted by molar-refractivity contribution is 5.62. The van der Waals surface area contributed by atoms with Gasteiger partial charge in [-0.15, -0.1) is 0 Å². The molecule has 0 rings (SSSR count). The van der Waals surface area contributed by atoms with Crippen molar-refractivity contribution in [3.63, 3.8) is 0 Å². The first-order valence-corrected chi connectivity index (χ1v) is 3.49. The number of rotatable bonds is 3. The van der Waals surface area contributed by atoms with Gasteiger partial charge < -0.3 is 15.3 Å². The lowest BCUT2D eigenvalue weighted by molar-refractivity contribution is -0.134. The summed E-state index contributed by atoms with van der Waals surface area (Å²) >= 11 is 0. The maximum absolute atomic E-state index is 9.00. The summed E-state index contributed by atoms with van der Waals surface area (Å²) in [6.45, 7) is 2.99. The van der Waals surface area contributed by atoms with Crippen molar-refractivity contribution in [3.8, 4) is 0 Å². The predicted octanol–water partition coefficient (Wildman–Crippen LogP) is 0.231. The van der Waals surface area contributed by atoms with Crippen LogP contribution in [-0.2, 0) is 4.79 Å². The van der Waals surface area contributed by atoms with E-state index >= 15 is 0 Å². The molecule has 68 valence electrons. The summed E-state index contributed by atoms with van der Waals surface area (Å²) in [5.41, 5.74) is 0. The summed E-state index contributed by atoms with van der Waals surface area (Å²) in [6, 6.07) is 0. The number of carboxylic acids is 1. The molecular weight excluding hydrogens is 148 g/mol. The third-order valence-electron chi connectivity index (χ3n) is 0.780. The molecule has 0 aromatic heterocycles. The van der Waals surface area contributed by atoms with Crippen molar-refractivity contribution in [2.75, 3.05) is 6.61 Å². The van der Waals surface area contributed by atoms with Crippen LogP contribution in [0, 0.1) is 0 Å². The van der Waals surface area contributed by atoms with Crippen LogP contribution in [0.15, 0.2) is 0 Å². The number of aliphatic hydroxyl groups is 2. The number of aliphatic hydroxyl groups excluding tert-OH is 2. The van der Waals surface area contributed by atoms with E-state index in [1.165, 1.54) is 0 Å². The van der Waals surface area contributed by atoms with E-state index in [1.807, 2.05) is 0 Å². The highest BCUT2D eigenvalue weighted by Gasteiger charge is 1.90. The van der Waals surface area contributed by atoms with Crippen molar-refractivity contribution >= 4 is 5.97 Å². The minimum absolute atomic E-state index is 0.185. The summed E-state index contributed by atoms with van der Waals surface area (Å²) in [5, 5.41) is 24.2. The van der Waals surface area contributed by atoms with E-state index in [1.54, 1.807) is 6.92 Å². The molecule has 0 aromatic carbocycles. The molecule has 0 amide bonds. The molecule has 0 radical (unpaired) electrons. The second-order valence-electron chi connectivity index (χ2n) is 2.23. The zero-order chi connectivity index (χ0) is 9.28. The maximum Gasteiger partial charge on any atom is 0.300 e. The molecule has 4 heteroatoms. The van der Waals surface area contributed by atoms with E-state index in [0.29, 0.717) is 12.8 Å². The summed E-state index contributed by atoms with van der Waals surface area (Å²) in [6.07, 6.45) is 1.15. The lowest BCUT2D eigenvalue weighted by Gasteiger charge is -1.98. The van der Waals surface area contributed by atoms with Crippen LogP contribution in [0.25, 0.3) is 0 Å². The summed E-state index contributed by atoms with van der Waals surface area (Å²) < 4.78 is 0. The van der Waals surface area contributed by atoms with Crippen LogP contribution < -0.4 is 0 Å². The van der Waals surface area contributed by atoms with Gasteiger partial charge in [-0.3, -0.25) is 4.79 Å². The first kappa shape index (κ1) is 13.0. The largest absolute Gasteiger partial charge is 0.481 e. The normalized spacial score (nSPS) is 11.3. The van der Waals surface area contributed by atoms with Crippen molar-refractivity contribution in [3.05, 3.63) is 0 Å².